The Morgan fingerprint density at radius 3 is 2.75 bits per heavy atom. The number of hydrogen-bond donors (Lipinski definition) is 1. The number of hydrogen-bond acceptors (Lipinski definition) is 7. The Hall–Kier alpha value is -2.23. The van der Waals surface area contributed by atoms with E-state index in [1.165, 1.54) is 23.1 Å². The van der Waals surface area contributed by atoms with Crippen molar-refractivity contribution in [3.8, 4) is 0 Å². The molecule has 9 heteroatoms. The van der Waals surface area contributed by atoms with Gasteiger partial charge in [0.05, 0.1) is 16.0 Å². The average molecular weight is 472 g/mol. The van der Waals surface area contributed by atoms with Gasteiger partial charge in [-0.1, -0.05) is 49.1 Å². The highest BCUT2D eigenvalue weighted by Crippen LogP contribution is 2.29. The first-order valence-electron chi connectivity index (χ1n) is 11.2. The quantitative estimate of drug-likeness (QED) is 0.378. The molecule has 1 aliphatic carbocycles. The summed E-state index contributed by atoms with van der Waals surface area (Å²) in [5, 5.41) is 4.19. The third-order valence-electron chi connectivity index (χ3n) is 5.87. The molecule has 0 saturated carbocycles. The molecule has 1 N–H and O–H groups in total. The summed E-state index contributed by atoms with van der Waals surface area (Å²) in [6.07, 6.45) is 3.99. The van der Waals surface area contributed by atoms with Crippen molar-refractivity contribution in [2.45, 2.75) is 51.1 Å². The van der Waals surface area contributed by atoms with Crippen LogP contribution in [0.25, 0.3) is 10.2 Å². The molecule has 170 valence electrons. The molecular formula is C23H29N5O2S2. The van der Waals surface area contributed by atoms with Crippen molar-refractivity contribution < 1.29 is 4.79 Å². The maximum absolute atomic E-state index is 12.8. The second-order valence-corrected chi connectivity index (χ2v) is 9.83. The number of aromatic nitrogens is 3. The first kappa shape index (κ1) is 22.9. The largest absolute Gasteiger partial charge is 0.348 e. The Kier molecular flexibility index (Phi) is 7.59. The van der Waals surface area contributed by atoms with E-state index in [4.69, 9.17) is 0 Å². The summed E-state index contributed by atoms with van der Waals surface area (Å²) in [6.45, 7) is 7.73. The summed E-state index contributed by atoms with van der Waals surface area (Å²) in [4.78, 5) is 36.6. The van der Waals surface area contributed by atoms with Crippen LogP contribution in [0.2, 0.25) is 0 Å². The first-order valence-corrected chi connectivity index (χ1v) is 13.0. The van der Waals surface area contributed by atoms with Crippen LogP contribution in [0.1, 0.15) is 37.9 Å². The highest BCUT2D eigenvalue weighted by Gasteiger charge is 2.21. The predicted octanol–water partition coefficient (Wildman–Crippen LogP) is 3.80. The zero-order valence-electron chi connectivity index (χ0n) is 18.6. The van der Waals surface area contributed by atoms with Crippen LogP contribution in [0.15, 0.2) is 34.1 Å². The van der Waals surface area contributed by atoms with Crippen LogP contribution < -0.4 is 11.0 Å². The smallest absolute Gasteiger partial charge is 0.302 e. The number of carbonyl (C=O) groups is 1. The van der Waals surface area contributed by atoms with Crippen molar-refractivity contribution in [2.75, 3.05) is 30.7 Å². The van der Waals surface area contributed by atoms with Gasteiger partial charge in [0, 0.05) is 24.3 Å². The minimum atomic E-state index is -0.202. The molecule has 3 aromatic rings. The topological polar surface area (TPSA) is 80.1 Å². The lowest BCUT2D eigenvalue weighted by Gasteiger charge is -2.24. The van der Waals surface area contributed by atoms with E-state index in [0.717, 1.165) is 66.8 Å². The van der Waals surface area contributed by atoms with Crippen LogP contribution in [-0.4, -0.2) is 50.7 Å². The zero-order valence-corrected chi connectivity index (χ0v) is 20.2. The molecule has 0 unspecified atom stereocenters. The van der Waals surface area contributed by atoms with Crippen LogP contribution in [0.4, 0.5) is 5.13 Å². The second kappa shape index (κ2) is 10.6. The van der Waals surface area contributed by atoms with E-state index < -0.39 is 0 Å². The molecule has 0 fully saturated rings. The van der Waals surface area contributed by atoms with E-state index in [9.17, 15) is 9.59 Å². The highest BCUT2D eigenvalue weighted by molar-refractivity contribution is 8.00. The number of thioether (sulfide) groups is 1. The maximum Gasteiger partial charge on any atom is 0.348 e. The minimum absolute atomic E-state index is 0.133. The molecule has 0 aliphatic heterocycles. The summed E-state index contributed by atoms with van der Waals surface area (Å²) in [5.74, 6) is 0.0734. The molecular weight excluding hydrogens is 442 g/mol. The van der Waals surface area contributed by atoms with Gasteiger partial charge in [-0.15, -0.1) is 0 Å². The van der Waals surface area contributed by atoms with E-state index in [1.54, 1.807) is 0 Å². The molecule has 4 rings (SSSR count). The van der Waals surface area contributed by atoms with Gasteiger partial charge in [0.15, 0.2) is 5.13 Å². The van der Waals surface area contributed by atoms with Gasteiger partial charge in [0.25, 0.3) is 0 Å². The van der Waals surface area contributed by atoms with Crippen LogP contribution in [0.5, 0.6) is 0 Å². The Bertz CT molecular complexity index is 1120. The molecule has 1 aliphatic rings. The van der Waals surface area contributed by atoms with Crippen LogP contribution in [0, 0.1) is 0 Å². The molecule has 0 radical (unpaired) electrons. The van der Waals surface area contributed by atoms with E-state index in [0.29, 0.717) is 16.7 Å². The number of nitrogens with zero attached hydrogens (tertiary/aromatic N) is 4. The van der Waals surface area contributed by atoms with E-state index in [1.807, 2.05) is 28.8 Å². The number of fused-ring (bicyclic) bond motifs is 2. The van der Waals surface area contributed by atoms with Crippen molar-refractivity contribution >= 4 is 44.4 Å². The average Bonchev–Trinajstić information content (AvgIpc) is 3.21. The zero-order chi connectivity index (χ0) is 22.5. The standard InChI is InChI=1S/C23H29N5O2S2/c1-3-27(4-2)13-14-28-18-11-7-5-9-16(18)21(26-23(28)30)31-15-20(29)25-22-24-17-10-6-8-12-19(17)32-22/h6,8,10,12H,3-5,7,9,11,13-15H2,1-2H3,(H,24,25,29). The number of thiazole rings is 1. The Balaban J connectivity index is 1.46. The number of amides is 1. The van der Waals surface area contributed by atoms with Crippen molar-refractivity contribution in [1.82, 2.24) is 19.4 Å². The lowest BCUT2D eigenvalue weighted by molar-refractivity contribution is -0.113. The molecule has 0 saturated heterocycles. The van der Waals surface area contributed by atoms with E-state index in [2.05, 4.69) is 34.0 Å². The first-order chi connectivity index (χ1) is 15.6. The number of carbonyl (C=O) groups excluding carboxylic acids is 1. The van der Waals surface area contributed by atoms with Gasteiger partial charge in [0.1, 0.15) is 5.03 Å². The summed E-state index contributed by atoms with van der Waals surface area (Å²) in [7, 11) is 0. The fourth-order valence-electron chi connectivity index (χ4n) is 4.09. The third-order valence-corrected chi connectivity index (χ3v) is 7.83. The molecule has 0 spiro atoms. The molecule has 2 aromatic heterocycles. The molecule has 0 bridgehead atoms. The monoisotopic (exact) mass is 471 g/mol. The lowest BCUT2D eigenvalue weighted by Crippen LogP contribution is -2.35. The van der Waals surface area contributed by atoms with Crippen molar-refractivity contribution in [1.29, 1.82) is 0 Å². The Morgan fingerprint density at radius 2 is 1.97 bits per heavy atom. The summed E-state index contributed by atoms with van der Waals surface area (Å²) in [6, 6.07) is 7.81. The van der Waals surface area contributed by atoms with Gasteiger partial charge in [-0.05, 0) is 50.9 Å². The molecule has 0 atom stereocenters. The number of nitrogens with one attached hydrogen (secondary N) is 1. The van der Waals surface area contributed by atoms with Crippen molar-refractivity contribution in [3.63, 3.8) is 0 Å². The number of anilines is 1. The van der Waals surface area contributed by atoms with Crippen molar-refractivity contribution in [2.24, 2.45) is 0 Å². The molecule has 7 nitrogen and oxygen atoms in total. The molecule has 1 aromatic carbocycles. The van der Waals surface area contributed by atoms with E-state index in [-0.39, 0.29) is 17.3 Å². The number of para-hydroxylation sites is 1. The van der Waals surface area contributed by atoms with Crippen LogP contribution in [-0.2, 0) is 24.2 Å². The van der Waals surface area contributed by atoms with Gasteiger partial charge in [-0.2, -0.15) is 4.98 Å². The van der Waals surface area contributed by atoms with Gasteiger partial charge >= 0.3 is 5.69 Å². The van der Waals surface area contributed by atoms with Crippen LogP contribution in [0.3, 0.4) is 0 Å². The number of rotatable bonds is 9. The van der Waals surface area contributed by atoms with Crippen LogP contribution >= 0.6 is 23.1 Å². The Labute approximate surface area is 196 Å². The molecule has 32 heavy (non-hydrogen) atoms. The maximum atomic E-state index is 12.8. The second-order valence-electron chi connectivity index (χ2n) is 7.83. The fourth-order valence-corrected chi connectivity index (χ4v) is 5.85. The Morgan fingerprint density at radius 1 is 1.19 bits per heavy atom. The summed E-state index contributed by atoms with van der Waals surface area (Å²) in [5.41, 5.74) is 2.93. The van der Waals surface area contributed by atoms with E-state index >= 15 is 0 Å². The number of benzene rings is 1. The molecule has 2 heterocycles. The van der Waals surface area contributed by atoms with Gasteiger partial charge in [-0.25, -0.2) is 9.78 Å². The number of likely N-dealkylation sites (N-methyl/N-ethyl adjacent to an activating group) is 1. The lowest BCUT2D eigenvalue weighted by atomic mass is 9.97. The summed E-state index contributed by atoms with van der Waals surface area (Å²) < 4.78 is 2.90. The fraction of sp³-hybridized carbons (Fsp3) is 0.478. The normalized spacial score (nSPS) is 13.5. The highest BCUT2D eigenvalue weighted by atomic mass is 32.2. The predicted molar refractivity (Wildman–Crippen MR) is 132 cm³/mol. The third kappa shape index (κ3) is 5.22. The molecule has 1 amide bonds. The van der Waals surface area contributed by atoms with Gasteiger partial charge < -0.3 is 10.2 Å². The van der Waals surface area contributed by atoms with Gasteiger partial charge in [-0.3, -0.25) is 9.36 Å². The van der Waals surface area contributed by atoms with Crippen molar-refractivity contribution in [3.05, 3.63) is 46.0 Å². The minimum Gasteiger partial charge on any atom is -0.302 e. The summed E-state index contributed by atoms with van der Waals surface area (Å²) >= 11 is 2.82. The SMILES string of the molecule is CCN(CC)CCn1c2c(c(SCC(=O)Nc3nc4ccccc4s3)nc1=O)CCCC2. The van der Waals surface area contributed by atoms with Gasteiger partial charge in [0.2, 0.25) is 5.91 Å².